The van der Waals surface area contributed by atoms with Crippen LogP contribution in [-0.4, -0.2) is 41.9 Å². The maximum absolute atomic E-state index is 13.1. The first-order valence-corrected chi connectivity index (χ1v) is 10.2. The first-order chi connectivity index (χ1) is 13.4. The van der Waals surface area contributed by atoms with Crippen molar-refractivity contribution in [3.63, 3.8) is 0 Å². The molecule has 1 aliphatic rings. The first kappa shape index (κ1) is 23.2. The van der Waals surface area contributed by atoms with Gasteiger partial charge in [-0.2, -0.15) is 0 Å². The van der Waals surface area contributed by atoms with Crippen LogP contribution in [-0.2, 0) is 16.0 Å². The topological polar surface area (TPSA) is 75.4 Å². The second-order valence-electron chi connectivity index (χ2n) is 8.32. The molecule has 5 nitrogen and oxygen atoms in total. The lowest BCUT2D eigenvalue weighted by Crippen LogP contribution is -2.52. The average molecular weight is 418 g/mol. The Kier molecular flexibility index (Phi) is 8.05. The van der Waals surface area contributed by atoms with E-state index < -0.39 is 6.04 Å². The van der Waals surface area contributed by atoms with E-state index in [1.807, 2.05) is 55.1 Å². The van der Waals surface area contributed by atoms with Crippen molar-refractivity contribution in [1.82, 2.24) is 10.2 Å². The van der Waals surface area contributed by atoms with Crippen molar-refractivity contribution in [3.05, 3.63) is 48.0 Å². The predicted molar refractivity (Wildman–Crippen MR) is 120 cm³/mol. The van der Waals surface area contributed by atoms with Crippen molar-refractivity contribution in [2.45, 2.75) is 45.7 Å². The number of halogens is 1. The van der Waals surface area contributed by atoms with Crippen LogP contribution in [0.3, 0.4) is 0 Å². The molecule has 6 heteroatoms. The van der Waals surface area contributed by atoms with E-state index in [9.17, 15) is 9.59 Å². The molecule has 3 unspecified atom stereocenters. The summed E-state index contributed by atoms with van der Waals surface area (Å²) in [7, 11) is 0. The predicted octanol–water partition coefficient (Wildman–Crippen LogP) is 3.14. The second kappa shape index (κ2) is 10.1. The van der Waals surface area contributed by atoms with E-state index in [4.69, 9.17) is 5.73 Å². The lowest BCUT2D eigenvalue weighted by atomic mass is 10.0. The molecule has 0 radical (unpaired) electrons. The lowest BCUT2D eigenvalue weighted by molar-refractivity contribution is -0.138. The van der Waals surface area contributed by atoms with Gasteiger partial charge in [-0.1, -0.05) is 56.3 Å². The summed E-state index contributed by atoms with van der Waals surface area (Å²) >= 11 is 0. The van der Waals surface area contributed by atoms with Crippen molar-refractivity contribution < 1.29 is 9.59 Å². The Labute approximate surface area is 179 Å². The minimum absolute atomic E-state index is 0. The molecule has 0 aliphatic carbocycles. The number of carbonyl (C=O) groups excluding carboxylic acids is 2. The number of nitrogens with zero attached hydrogens (tertiary/aromatic N) is 1. The molecule has 0 saturated carbocycles. The lowest BCUT2D eigenvalue weighted by Gasteiger charge is -2.29. The Morgan fingerprint density at radius 2 is 1.86 bits per heavy atom. The monoisotopic (exact) mass is 417 g/mol. The Morgan fingerprint density at radius 3 is 2.48 bits per heavy atom. The molecule has 2 aromatic carbocycles. The molecule has 1 heterocycles. The summed E-state index contributed by atoms with van der Waals surface area (Å²) in [6.07, 6.45) is 1.19. The fourth-order valence-electron chi connectivity index (χ4n) is 4.07. The quantitative estimate of drug-likeness (QED) is 0.758. The molecule has 2 aromatic rings. The van der Waals surface area contributed by atoms with Gasteiger partial charge < -0.3 is 16.0 Å². The van der Waals surface area contributed by atoms with Crippen molar-refractivity contribution in [2.24, 2.45) is 17.6 Å². The van der Waals surface area contributed by atoms with E-state index in [0.29, 0.717) is 19.0 Å². The highest BCUT2D eigenvalue weighted by atomic mass is 35.5. The molecule has 3 rings (SSSR count). The van der Waals surface area contributed by atoms with Crippen LogP contribution >= 0.6 is 12.4 Å². The SMILES string of the molecule is CC(C)C(NC(=O)Cc1ccc2ccccc2c1)C(=O)N1CC(CN)CC1C.Cl. The van der Waals surface area contributed by atoms with Crippen LogP contribution in [0.15, 0.2) is 42.5 Å². The molecule has 2 amide bonds. The number of hydrogen-bond acceptors (Lipinski definition) is 3. The van der Waals surface area contributed by atoms with Gasteiger partial charge in [-0.25, -0.2) is 0 Å². The maximum atomic E-state index is 13.1. The largest absolute Gasteiger partial charge is 0.344 e. The van der Waals surface area contributed by atoms with Gasteiger partial charge in [0.15, 0.2) is 0 Å². The molecule has 1 aliphatic heterocycles. The van der Waals surface area contributed by atoms with Gasteiger partial charge in [0.1, 0.15) is 6.04 Å². The van der Waals surface area contributed by atoms with E-state index in [2.05, 4.69) is 18.3 Å². The number of benzene rings is 2. The molecule has 1 saturated heterocycles. The summed E-state index contributed by atoms with van der Waals surface area (Å²) < 4.78 is 0. The van der Waals surface area contributed by atoms with Gasteiger partial charge >= 0.3 is 0 Å². The molecule has 3 N–H and O–H groups in total. The standard InChI is InChI=1S/C23H31N3O2.ClH/c1-15(2)22(23(28)26-14-18(13-24)10-16(26)3)25-21(27)12-17-8-9-19-6-4-5-7-20(19)11-17;/h4-9,11,15-16,18,22H,10,12-14,24H2,1-3H3,(H,25,27);1H. The maximum Gasteiger partial charge on any atom is 0.245 e. The number of carbonyl (C=O) groups is 2. The van der Waals surface area contributed by atoms with Crippen molar-refractivity contribution in [1.29, 1.82) is 0 Å². The number of hydrogen-bond donors (Lipinski definition) is 2. The molecule has 0 aromatic heterocycles. The molecule has 3 atom stereocenters. The molecule has 29 heavy (non-hydrogen) atoms. The second-order valence-corrected chi connectivity index (χ2v) is 8.32. The minimum atomic E-state index is -0.507. The Morgan fingerprint density at radius 1 is 1.17 bits per heavy atom. The van der Waals surface area contributed by atoms with E-state index in [1.54, 1.807) is 0 Å². The van der Waals surface area contributed by atoms with Crippen LogP contribution in [0.1, 0.15) is 32.8 Å². The average Bonchev–Trinajstić information content (AvgIpc) is 3.06. The van der Waals surface area contributed by atoms with E-state index in [1.165, 1.54) is 0 Å². The van der Waals surface area contributed by atoms with Gasteiger partial charge in [0.2, 0.25) is 11.8 Å². The number of nitrogens with one attached hydrogen (secondary N) is 1. The van der Waals surface area contributed by atoms with Gasteiger partial charge in [0, 0.05) is 12.6 Å². The summed E-state index contributed by atoms with van der Waals surface area (Å²) in [6.45, 7) is 7.27. The van der Waals surface area contributed by atoms with Crippen LogP contribution in [0.25, 0.3) is 10.8 Å². The molecule has 158 valence electrons. The molecular weight excluding hydrogens is 386 g/mol. The number of amides is 2. The zero-order valence-corrected chi connectivity index (χ0v) is 18.2. The Bertz CT molecular complexity index is 855. The van der Waals surface area contributed by atoms with E-state index >= 15 is 0 Å². The number of nitrogens with two attached hydrogens (primary N) is 1. The fourth-order valence-corrected chi connectivity index (χ4v) is 4.07. The van der Waals surface area contributed by atoms with E-state index in [-0.39, 0.29) is 42.6 Å². The smallest absolute Gasteiger partial charge is 0.245 e. The number of likely N-dealkylation sites (tertiary alicyclic amines) is 1. The number of rotatable bonds is 6. The molecule has 0 spiro atoms. The first-order valence-electron chi connectivity index (χ1n) is 10.2. The van der Waals surface area contributed by atoms with Crippen LogP contribution in [0.2, 0.25) is 0 Å². The third-order valence-electron chi connectivity index (χ3n) is 5.71. The van der Waals surface area contributed by atoms with Crippen LogP contribution < -0.4 is 11.1 Å². The van der Waals surface area contributed by atoms with Crippen LogP contribution in [0.5, 0.6) is 0 Å². The summed E-state index contributed by atoms with van der Waals surface area (Å²) in [6, 6.07) is 13.8. The fraction of sp³-hybridized carbons (Fsp3) is 0.478. The van der Waals surface area contributed by atoms with Crippen molar-refractivity contribution >= 4 is 35.0 Å². The summed E-state index contributed by atoms with van der Waals surface area (Å²) in [5, 5.41) is 5.25. The van der Waals surface area contributed by atoms with Crippen LogP contribution in [0, 0.1) is 11.8 Å². The van der Waals surface area contributed by atoms with Crippen LogP contribution in [0.4, 0.5) is 0 Å². The zero-order valence-electron chi connectivity index (χ0n) is 17.4. The highest BCUT2D eigenvalue weighted by Crippen LogP contribution is 2.24. The van der Waals surface area contributed by atoms with Crippen molar-refractivity contribution in [2.75, 3.05) is 13.1 Å². The molecular formula is C23H32ClN3O2. The highest BCUT2D eigenvalue weighted by molar-refractivity contribution is 5.90. The highest BCUT2D eigenvalue weighted by Gasteiger charge is 2.36. The molecule has 1 fully saturated rings. The van der Waals surface area contributed by atoms with Gasteiger partial charge in [-0.15, -0.1) is 12.4 Å². The third-order valence-corrected chi connectivity index (χ3v) is 5.71. The molecule has 0 bridgehead atoms. The minimum Gasteiger partial charge on any atom is -0.344 e. The van der Waals surface area contributed by atoms with Gasteiger partial charge in [0.25, 0.3) is 0 Å². The van der Waals surface area contributed by atoms with Gasteiger partial charge in [-0.3, -0.25) is 9.59 Å². The third kappa shape index (κ3) is 5.49. The normalized spacial score (nSPS) is 19.8. The Hall–Kier alpha value is -2.11. The van der Waals surface area contributed by atoms with Crippen molar-refractivity contribution in [3.8, 4) is 0 Å². The van der Waals surface area contributed by atoms with E-state index in [0.717, 1.165) is 22.8 Å². The summed E-state index contributed by atoms with van der Waals surface area (Å²) in [5.41, 5.74) is 6.74. The van der Waals surface area contributed by atoms with Gasteiger partial charge in [-0.05, 0) is 48.1 Å². The number of fused-ring (bicyclic) bond motifs is 1. The summed E-state index contributed by atoms with van der Waals surface area (Å²) in [5.74, 6) is 0.257. The van der Waals surface area contributed by atoms with Gasteiger partial charge in [0.05, 0.1) is 6.42 Å². The zero-order chi connectivity index (χ0) is 20.3. The summed E-state index contributed by atoms with van der Waals surface area (Å²) in [4.78, 5) is 27.7. The Balaban J connectivity index is 0.00000300.